The maximum absolute atomic E-state index is 13.2. The second-order valence-corrected chi connectivity index (χ2v) is 9.83. The van der Waals surface area contributed by atoms with E-state index in [4.69, 9.17) is 9.47 Å². The highest BCUT2D eigenvalue weighted by Gasteiger charge is 2.48. The van der Waals surface area contributed by atoms with Gasteiger partial charge in [0.1, 0.15) is 11.4 Å². The molecule has 2 aliphatic heterocycles. The molecule has 0 unspecified atom stereocenters. The third-order valence-corrected chi connectivity index (χ3v) is 7.83. The number of esters is 1. The molecule has 0 saturated carbocycles. The van der Waals surface area contributed by atoms with E-state index in [1.54, 1.807) is 29.2 Å². The van der Waals surface area contributed by atoms with Crippen LogP contribution in [0.2, 0.25) is 0 Å². The summed E-state index contributed by atoms with van der Waals surface area (Å²) in [6.45, 7) is 0.913. The van der Waals surface area contributed by atoms with Gasteiger partial charge in [-0.25, -0.2) is 22.4 Å². The standard InChI is InChI=1S/C22H23FN2O6S/c1-30-20(26)18-4-2-3-5-19(18)32(28,29)25-12-10-22(11-13-25)15-24(21(27)31-22)14-16-6-8-17(23)9-7-16/h2-9H,10-15H2,1H3. The maximum Gasteiger partial charge on any atom is 0.410 e. The summed E-state index contributed by atoms with van der Waals surface area (Å²) in [5.41, 5.74) is -0.0155. The number of methoxy groups -OCH3 is 1. The number of benzene rings is 2. The zero-order valence-electron chi connectivity index (χ0n) is 17.5. The van der Waals surface area contributed by atoms with E-state index in [-0.39, 0.29) is 35.9 Å². The lowest BCUT2D eigenvalue weighted by Crippen LogP contribution is -2.48. The summed E-state index contributed by atoms with van der Waals surface area (Å²) in [7, 11) is -2.73. The third kappa shape index (κ3) is 4.20. The molecule has 0 bridgehead atoms. The van der Waals surface area contributed by atoms with Gasteiger partial charge >= 0.3 is 12.1 Å². The molecule has 32 heavy (non-hydrogen) atoms. The van der Waals surface area contributed by atoms with Crippen LogP contribution < -0.4 is 0 Å². The molecule has 0 aliphatic carbocycles. The molecule has 1 spiro atoms. The minimum absolute atomic E-state index is 0.0203. The molecule has 0 atom stereocenters. The Morgan fingerprint density at radius 3 is 2.44 bits per heavy atom. The number of halogens is 1. The first-order chi connectivity index (χ1) is 15.2. The average Bonchev–Trinajstić information content (AvgIpc) is 3.09. The Labute approximate surface area is 185 Å². The minimum Gasteiger partial charge on any atom is -0.465 e. The third-order valence-electron chi connectivity index (χ3n) is 5.87. The van der Waals surface area contributed by atoms with Crippen LogP contribution in [0.3, 0.4) is 0 Å². The van der Waals surface area contributed by atoms with Crippen molar-refractivity contribution in [3.63, 3.8) is 0 Å². The van der Waals surface area contributed by atoms with Gasteiger partial charge < -0.3 is 9.47 Å². The van der Waals surface area contributed by atoms with Crippen LogP contribution in [0.25, 0.3) is 0 Å². The minimum atomic E-state index is -3.93. The van der Waals surface area contributed by atoms with Crippen LogP contribution in [0.1, 0.15) is 28.8 Å². The number of carbonyl (C=O) groups is 2. The number of sulfonamides is 1. The molecule has 0 N–H and O–H groups in total. The number of carbonyl (C=O) groups excluding carboxylic acids is 2. The van der Waals surface area contributed by atoms with Gasteiger partial charge in [0.15, 0.2) is 0 Å². The predicted octanol–water partition coefficient (Wildman–Crippen LogP) is 2.79. The number of piperidine rings is 1. The van der Waals surface area contributed by atoms with Crippen LogP contribution in [0, 0.1) is 5.82 Å². The highest BCUT2D eigenvalue weighted by molar-refractivity contribution is 7.89. The molecule has 4 rings (SSSR count). The van der Waals surface area contributed by atoms with E-state index in [1.807, 2.05) is 0 Å². The Balaban J connectivity index is 1.45. The van der Waals surface area contributed by atoms with E-state index in [0.717, 1.165) is 5.56 Å². The quantitative estimate of drug-likeness (QED) is 0.635. The first-order valence-electron chi connectivity index (χ1n) is 10.1. The van der Waals surface area contributed by atoms with Crippen LogP contribution >= 0.6 is 0 Å². The monoisotopic (exact) mass is 462 g/mol. The van der Waals surface area contributed by atoms with Crippen molar-refractivity contribution in [2.75, 3.05) is 26.7 Å². The molecule has 0 aromatic heterocycles. The van der Waals surface area contributed by atoms with Crippen molar-refractivity contribution in [1.29, 1.82) is 0 Å². The van der Waals surface area contributed by atoms with Crippen LogP contribution in [0.5, 0.6) is 0 Å². The van der Waals surface area contributed by atoms with Gasteiger partial charge in [-0.3, -0.25) is 4.90 Å². The number of hydrogen-bond donors (Lipinski definition) is 0. The molecule has 2 aromatic rings. The molecule has 2 aromatic carbocycles. The Morgan fingerprint density at radius 2 is 1.78 bits per heavy atom. The topological polar surface area (TPSA) is 93.2 Å². The predicted molar refractivity (Wildman–Crippen MR) is 112 cm³/mol. The molecule has 1 amide bonds. The average molecular weight is 462 g/mol. The molecule has 2 saturated heterocycles. The molecule has 2 heterocycles. The molecule has 0 radical (unpaired) electrons. The van der Waals surface area contributed by atoms with Crippen molar-refractivity contribution in [1.82, 2.24) is 9.21 Å². The summed E-state index contributed by atoms with van der Waals surface area (Å²) >= 11 is 0. The number of amides is 1. The molecule has 10 heteroatoms. The van der Waals surface area contributed by atoms with Gasteiger partial charge in [0.25, 0.3) is 0 Å². The lowest BCUT2D eigenvalue weighted by atomic mass is 9.92. The fourth-order valence-electron chi connectivity index (χ4n) is 4.13. The molecular formula is C22H23FN2O6S. The van der Waals surface area contributed by atoms with Crippen molar-refractivity contribution >= 4 is 22.1 Å². The first-order valence-corrected chi connectivity index (χ1v) is 11.6. The van der Waals surface area contributed by atoms with Gasteiger partial charge in [0, 0.05) is 32.5 Å². The van der Waals surface area contributed by atoms with Crippen molar-refractivity contribution in [3.05, 3.63) is 65.5 Å². The largest absolute Gasteiger partial charge is 0.465 e. The summed E-state index contributed by atoms with van der Waals surface area (Å²) in [4.78, 5) is 25.9. The van der Waals surface area contributed by atoms with Crippen LogP contribution in [-0.2, 0) is 26.0 Å². The number of ether oxygens (including phenoxy) is 2. The van der Waals surface area contributed by atoms with E-state index < -0.39 is 27.7 Å². The second kappa shape index (κ2) is 8.51. The first kappa shape index (κ1) is 22.2. The fourth-order valence-corrected chi connectivity index (χ4v) is 5.75. The van der Waals surface area contributed by atoms with Gasteiger partial charge in [0.05, 0.1) is 24.1 Å². The van der Waals surface area contributed by atoms with Crippen molar-refractivity contribution in [2.24, 2.45) is 0 Å². The molecule has 8 nitrogen and oxygen atoms in total. The summed E-state index contributed by atoms with van der Waals surface area (Å²) in [5.74, 6) is -1.07. The van der Waals surface area contributed by atoms with Crippen molar-refractivity contribution < 1.29 is 31.9 Å². The number of hydrogen-bond acceptors (Lipinski definition) is 6. The summed E-state index contributed by atoms with van der Waals surface area (Å²) < 4.78 is 51.2. The van der Waals surface area contributed by atoms with Gasteiger partial charge in [-0.1, -0.05) is 24.3 Å². The molecular weight excluding hydrogens is 439 g/mol. The van der Waals surface area contributed by atoms with E-state index >= 15 is 0 Å². The smallest absolute Gasteiger partial charge is 0.410 e. The van der Waals surface area contributed by atoms with E-state index in [0.29, 0.717) is 19.4 Å². The highest BCUT2D eigenvalue weighted by Crippen LogP contribution is 2.36. The SMILES string of the molecule is COC(=O)c1ccccc1S(=O)(=O)N1CCC2(CC1)CN(Cc1ccc(F)cc1)C(=O)O2. The van der Waals surface area contributed by atoms with Gasteiger partial charge in [-0.15, -0.1) is 0 Å². The summed E-state index contributed by atoms with van der Waals surface area (Å²) in [5, 5.41) is 0. The van der Waals surface area contributed by atoms with Crippen LogP contribution in [0.15, 0.2) is 53.4 Å². The van der Waals surface area contributed by atoms with Crippen LogP contribution in [-0.4, -0.2) is 62.0 Å². The van der Waals surface area contributed by atoms with E-state index in [1.165, 1.54) is 35.7 Å². The summed E-state index contributed by atoms with van der Waals surface area (Å²) in [6, 6.07) is 11.8. The second-order valence-electron chi connectivity index (χ2n) is 7.93. The normalized spacial score (nSPS) is 18.6. The van der Waals surface area contributed by atoms with Crippen LogP contribution in [0.4, 0.5) is 9.18 Å². The molecule has 2 fully saturated rings. The Bertz CT molecular complexity index is 1130. The maximum atomic E-state index is 13.2. The fraction of sp³-hybridized carbons (Fsp3) is 0.364. The Hall–Kier alpha value is -2.98. The van der Waals surface area contributed by atoms with E-state index in [9.17, 15) is 22.4 Å². The lowest BCUT2D eigenvalue weighted by Gasteiger charge is -2.36. The Kier molecular flexibility index (Phi) is 5.91. The summed E-state index contributed by atoms with van der Waals surface area (Å²) in [6.07, 6.45) is 0.193. The Morgan fingerprint density at radius 1 is 1.12 bits per heavy atom. The molecule has 170 valence electrons. The van der Waals surface area contributed by atoms with Gasteiger partial charge in [-0.05, 0) is 29.8 Å². The zero-order chi connectivity index (χ0) is 22.9. The number of rotatable bonds is 5. The highest BCUT2D eigenvalue weighted by atomic mass is 32.2. The van der Waals surface area contributed by atoms with E-state index in [2.05, 4.69) is 0 Å². The van der Waals surface area contributed by atoms with Gasteiger partial charge in [-0.2, -0.15) is 4.31 Å². The van der Waals surface area contributed by atoms with Crippen molar-refractivity contribution in [2.45, 2.75) is 29.9 Å². The van der Waals surface area contributed by atoms with Crippen molar-refractivity contribution in [3.8, 4) is 0 Å². The van der Waals surface area contributed by atoms with Gasteiger partial charge in [0.2, 0.25) is 10.0 Å². The molecule has 2 aliphatic rings. The lowest BCUT2D eigenvalue weighted by molar-refractivity contribution is 0.0171. The number of nitrogens with zero attached hydrogens (tertiary/aromatic N) is 2. The zero-order valence-corrected chi connectivity index (χ0v) is 18.3.